The molecule has 3 aromatic rings. The molecule has 1 aliphatic heterocycles. The quantitative estimate of drug-likeness (QED) is 0.519. The number of hydrogen-bond acceptors (Lipinski definition) is 8. The zero-order chi connectivity index (χ0) is 26.5. The van der Waals surface area contributed by atoms with Gasteiger partial charge >= 0.3 is 0 Å². The van der Waals surface area contributed by atoms with Crippen molar-refractivity contribution < 1.29 is 13.7 Å². The first-order valence-corrected chi connectivity index (χ1v) is 11.2. The molecular weight excluding hydrogens is 430 g/mol. The van der Waals surface area contributed by atoms with Gasteiger partial charge < -0.3 is 15.5 Å². The second kappa shape index (κ2) is 8.48. The lowest BCUT2D eigenvalue weighted by Crippen LogP contribution is -2.29. The van der Waals surface area contributed by atoms with E-state index in [0.717, 1.165) is 41.0 Å². The van der Waals surface area contributed by atoms with Crippen LogP contribution in [0.4, 0.5) is 23.0 Å². The number of rotatable bonds is 6. The van der Waals surface area contributed by atoms with Crippen LogP contribution in [-0.2, 0) is 4.79 Å². The first kappa shape index (κ1) is 18.5. The predicted molar refractivity (Wildman–Crippen MR) is 130 cm³/mol. The number of anilines is 4. The number of Topliss-reactive ketones (excluding diaryl/α,β-unsaturated/α-hetero) is 1. The Morgan fingerprint density at radius 3 is 2.74 bits per heavy atom. The molecule has 5 rings (SSSR count). The molecule has 0 aromatic carbocycles. The van der Waals surface area contributed by atoms with Crippen LogP contribution in [0.15, 0.2) is 30.9 Å². The molecule has 1 fully saturated rings. The van der Waals surface area contributed by atoms with Gasteiger partial charge in [0.1, 0.15) is 5.82 Å². The summed E-state index contributed by atoms with van der Waals surface area (Å²) in [6.07, 6.45) is 7.35. The van der Waals surface area contributed by atoms with E-state index < -0.39 is 19.1 Å². The van der Waals surface area contributed by atoms with Gasteiger partial charge in [-0.2, -0.15) is 0 Å². The van der Waals surface area contributed by atoms with Gasteiger partial charge in [-0.3, -0.25) is 19.6 Å². The number of hydrogen-bond donors (Lipinski definition) is 2. The summed E-state index contributed by atoms with van der Waals surface area (Å²) in [6, 6.07) is 1.45. The van der Waals surface area contributed by atoms with Crippen molar-refractivity contribution in [2.45, 2.75) is 46.0 Å². The van der Waals surface area contributed by atoms with Gasteiger partial charge in [-0.1, -0.05) is 6.85 Å². The van der Waals surface area contributed by atoms with Crippen LogP contribution in [0.5, 0.6) is 0 Å². The summed E-state index contributed by atoms with van der Waals surface area (Å²) in [5.41, 5.74) is 4.57. The van der Waals surface area contributed by atoms with Crippen LogP contribution in [0.3, 0.4) is 0 Å². The standard InChI is InChI=1S/C25H27N7O2/c1-5-18(33)16-12-28-19(31-25(34)15-6-7-15)10-17(16)30-24-23-20(13(2)11-29-24)22-21(14(3)32(23)4)26-8-9-27-22/h8-12,14-15H,5-7H2,1-4H3,(H2,28,29,30,31,34)/t14-/m0/s1/i1D3. The third-order valence-electron chi connectivity index (χ3n) is 6.35. The van der Waals surface area contributed by atoms with Crippen molar-refractivity contribution >= 4 is 34.7 Å². The minimum absolute atomic E-state index is 0.0304. The molecule has 3 aromatic heterocycles. The maximum atomic E-state index is 13.0. The maximum absolute atomic E-state index is 13.0. The number of amides is 1. The molecular formula is C25H27N7O2. The summed E-state index contributed by atoms with van der Waals surface area (Å²) >= 11 is 0. The number of aromatic nitrogens is 4. The van der Waals surface area contributed by atoms with E-state index in [1.54, 1.807) is 24.7 Å². The van der Waals surface area contributed by atoms with Crippen molar-refractivity contribution in [1.82, 2.24) is 19.9 Å². The van der Waals surface area contributed by atoms with E-state index in [-0.39, 0.29) is 29.2 Å². The first-order valence-electron chi connectivity index (χ1n) is 12.7. The fraction of sp³-hybridized carbons (Fsp3) is 0.360. The molecule has 1 atom stereocenters. The summed E-state index contributed by atoms with van der Waals surface area (Å²) in [5.74, 6) is -0.0237. The predicted octanol–water partition coefficient (Wildman–Crippen LogP) is 4.44. The number of fused-ring (bicyclic) bond motifs is 3. The highest BCUT2D eigenvalue weighted by Crippen LogP contribution is 2.47. The largest absolute Gasteiger partial charge is 0.363 e. The highest BCUT2D eigenvalue weighted by atomic mass is 16.2. The Labute approximate surface area is 202 Å². The second-order valence-corrected chi connectivity index (χ2v) is 8.69. The van der Waals surface area contributed by atoms with Crippen LogP contribution in [-0.4, -0.2) is 38.7 Å². The van der Waals surface area contributed by atoms with Crippen LogP contribution in [0, 0.1) is 12.8 Å². The first-order chi connectivity index (χ1) is 17.5. The number of pyridine rings is 2. The zero-order valence-electron chi connectivity index (χ0n) is 22.2. The van der Waals surface area contributed by atoms with E-state index in [1.165, 1.54) is 6.20 Å². The minimum atomic E-state index is -2.44. The summed E-state index contributed by atoms with van der Waals surface area (Å²) < 4.78 is 22.6. The molecule has 2 N–H and O–H groups in total. The van der Waals surface area contributed by atoms with E-state index in [9.17, 15) is 9.59 Å². The molecule has 9 heteroatoms. The number of nitrogens with zero attached hydrogens (tertiary/aromatic N) is 5. The van der Waals surface area contributed by atoms with E-state index >= 15 is 0 Å². The zero-order valence-corrected chi connectivity index (χ0v) is 19.2. The molecule has 9 nitrogen and oxygen atoms in total. The smallest absolute Gasteiger partial charge is 0.228 e. The SMILES string of the molecule is [2H]C([2H])([2H])CC(=O)c1cnc(NC(=O)C2CC2)cc1Nc1ncc(C)c2c1N(C)[C@@H](C)c1nccnc1-2. The Kier molecular flexibility index (Phi) is 4.62. The van der Waals surface area contributed by atoms with Gasteiger partial charge in [0.05, 0.1) is 34.4 Å². The molecule has 0 spiro atoms. The Hall–Kier alpha value is -3.88. The fourth-order valence-electron chi connectivity index (χ4n) is 4.20. The Morgan fingerprint density at radius 1 is 1.18 bits per heavy atom. The van der Waals surface area contributed by atoms with Gasteiger partial charge in [0.2, 0.25) is 5.91 Å². The molecule has 1 aliphatic carbocycles. The topological polar surface area (TPSA) is 113 Å². The van der Waals surface area contributed by atoms with Crippen molar-refractivity contribution in [3.8, 4) is 11.3 Å². The average molecular weight is 461 g/mol. The van der Waals surface area contributed by atoms with Crippen molar-refractivity contribution in [2.75, 3.05) is 22.6 Å². The molecule has 0 unspecified atom stereocenters. The van der Waals surface area contributed by atoms with Crippen LogP contribution in [0.1, 0.15) is 64.8 Å². The van der Waals surface area contributed by atoms with E-state index in [0.29, 0.717) is 11.5 Å². The lowest BCUT2D eigenvalue weighted by atomic mass is 9.94. The Balaban J connectivity index is 1.60. The van der Waals surface area contributed by atoms with Crippen LogP contribution >= 0.6 is 0 Å². The summed E-state index contributed by atoms with van der Waals surface area (Å²) in [5, 5.41) is 6.02. The average Bonchev–Trinajstić information content (AvgIpc) is 3.68. The van der Waals surface area contributed by atoms with Gasteiger partial charge in [-0.05, 0) is 32.3 Å². The molecule has 4 heterocycles. The van der Waals surface area contributed by atoms with E-state index in [4.69, 9.17) is 4.11 Å². The van der Waals surface area contributed by atoms with Crippen molar-refractivity contribution in [2.24, 2.45) is 5.92 Å². The van der Waals surface area contributed by atoms with E-state index in [2.05, 4.69) is 30.6 Å². The molecule has 0 saturated heterocycles. The number of carbonyl (C=O) groups excluding carboxylic acids is 2. The van der Waals surface area contributed by atoms with Crippen molar-refractivity contribution in [3.05, 3.63) is 47.7 Å². The molecule has 34 heavy (non-hydrogen) atoms. The van der Waals surface area contributed by atoms with Crippen LogP contribution < -0.4 is 15.5 Å². The summed E-state index contributed by atoms with van der Waals surface area (Å²) in [7, 11) is 1.93. The fourth-order valence-corrected chi connectivity index (χ4v) is 4.20. The maximum Gasteiger partial charge on any atom is 0.228 e. The molecule has 0 bridgehead atoms. The van der Waals surface area contributed by atoms with Gasteiger partial charge in [0.25, 0.3) is 0 Å². The van der Waals surface area contributed by atoms with Gasteiger partial charge in [-0.15, -0.1) is 0 Å². The van der Waals surface area contributed by atoms with Crippen LogP contribution in [0.25, 0.3) is 11.3 Å². The normalized spacial score (nSPS) is 18.1. The third kappa shape index (κ3) is 3.76. The molecule has 174 valence electrons. The lowest BCUT2D eigenvalue weighted by Gasteiger charge is -2.36. The number of aryl methyl sites for hydroxylation is 1. The van der Waals surface area contributed by atoms with Crippen molar-refractivity contribution in [3.63, 3.8) is 0 Å². The van der Waals surface area contributed by atoms with Crippen molar-refractivity contribution in [1.29, 1.82) is 0 Å². The Morgan fingerprint density at radius 2 is 1.97 bits per heavy atom. The molecule has 0 radical (unpaired) electrons. The minimum Gasteiger partial charge on any atom is -0.363 e. The monoisotopic (exact) mass is 460 g/mol. The number of nitrogens with one attached hydrogen (secondary N) is 2. The molecule has 1 amide bonds. The second-order valence-electron chi connectivity index (χ2n) is 8.69. The molecule has 1 saturated carbocycles. The highest BCUT2D eigenvalue weighted by molar-refractivity contribution is 6.03. The summed E-state index contributed by atoms with van der Waals surface area (Å²) in [4.78, 5) is 45.3. The highest BCUT2D eigenvalue weighted by Gasteiger charge is 2.33. The van der Waals surface area contributed by atoms with Crippen LogP contribution in [0.2, 0.25) is 0 Å². The molecule has 2 aliphatic rings. The van der Waals surface area contributed by atoms with Gasteiger partial charge in [0.15, 0.2) is 11.6 Å². The summed E-state index contributed by atoms with van der Waals surface area (Å²) in [6.45, 7) is 1.53. The van der Waals surface area contributed by atoms with Gasteiger partial charge in [0, 0.05) is 59.9 Å². The Bertz CT molecular complexity index is 1410. The third-order valence-corrected chi connectivity index (χ3v) is 6.35. The van der Waals surface area contributed by atoms with Gasteiger partial charge in [-0.25, -0.2) is 9.97 Å². The van der Waals surface area contributed by atoms with E-state index in [1.807, 2.05) is 25.8 Å². The number of ketones is 1. The lowest BCUT2D eigenvalue weighted by molar-refractivity contribution is -0.117. The number of carbonyl (C=O) groups is 2.